The molecule has 0 radical (unpaired) electrons. The van der Waals surface area contributed by atoms with E-state index in [1.165, 1.54) is 30.0 Å². The molecule has 4 rings (SSSR count). The highest BCUT2D eigenvalue weighted by atomic mass is 35.5. The second-order valence-corrected chi connectivity index (χ2v) is 8.92. The standard InChI is InChI=1S/C18H16ClFN4OS2/c1-10(17(25)21-14-7-4-11(20)9-13(14)19)27-18-23-22-16(15-3-2-8-26-15)24(18)12-5-6-12/h2-4,7-10,12H,5-6H2,1H3,(H,21,25)/t10-/m0/s1. The third-order valence-corrected chi connectivity index (χ3v) is 6.39. The number of benzene rings is 1. The van der Waals surface area contributed by atoms with Crippen LogP contribution in [0.4, 0.5) is 10.1 Å². The van der Waals surface area contributed by atoms with Crippen molar-refractivity contribution in [2.24, 2.45) is 0 Å². The Labute approximate surface area is 168 Å². The molecule has 9 heteroatoms. The van der Waals surface area contributed by atoms with Gasteiger partial charge in [0.25, 0.3) is 0 Å². The van der Waals surface area contributed by atoms with Gasteiger partial charge in [-0.2, -0.15) is 0 Å². The first-order chi connectivity index (χ1) is 13.0. The van der Waals surface area contributed by atoms with Crippen molar-refractivity contribution in [1.82, 2.24) is 14.8 Å². The zero-order valence-electron chi connectivity index (χ0n) is 14.4. The van der Waals surface area contributed by atoms with E-state index < -0.39 is 11.1 Å². The summed E-state index contributed by atoms with van der Waals surface area (Å²) in [6, 6.07) is 8.29. The second kappa shape index (κ2) is 7.61. The number of carbonyl (C=O) groups is 1. The lowest BCUT2D eigenvalue weighted by atomic mass is 10.3. The number of hydrogen-bond donors (Lipinski definition) is 1. The fourth-order valence-electron chi connectivity index (χ4n) is 2.63. The molecule has 1 fully saturated rings. The molecular formula is C18H16ClFN4OS2. The number of rotatable bonds is 6. The maximum absolute atomic E-state index is 13.2. The predicted molar refractivity (Wildman–Crippen MR) is 107 cm³/mol. The van der Waals surface area contributed by atoms with Gasteiger partial charge in [-0.1, -0.05) is 29.4 Å². The van der Waals surface area contributed by atoms with Crippen molar-refractivity contribution in [2.75, 3.05) is 5.32 Å². The molecule has 140 valence electrons. The third-order valence-electron chi connectivity index (χ3n) is 4.16. The summed E-state index contributed by atoms with van der Waals surface area (Å²) in [6.45, 7) is 1.80. The Bertz CT molecular complexity index is 972. The number of thiophene rings is 1. The molecule has 1 aromatic carbocycles. The Hall–Kier alpha value is -1.90. The van der Waals surface area contributed by atoms with Gasteiger partial charge >= 0.3 is 0 Å². The van der Waals surface area contributed by atoms with Gasteiger partial charge < -0.3 is 5.32 Å². The first-order valence-corrected chi connectivity index (χ1v) is 10.6. The van der Waals surface area contributed by atoms with Crippen LogP contribution in [0.15, 0.2) is 40.9 Å². The van der Waals surface area contributed by atoms with Crippen LogP contribution in [0, 0.1) is 5.82 Å². The summed E-state index contributed by atoms with van der Waals surface area (Å²) in [6.07, 6.45) is 2.19. The number of carbonyl (C=O) groups excluding carboxylic acids is 1. The van der Waals surface area contributed by atoms with Crippen molar-refractivity contribution in [1.29, 1.82) is 0 Å². The predicted octanol–water partition coefficient (Wildman–Crippen LogP) is 5.25. The van der Waals surface area contributed by atoms with Gasteiger partial charge in [0, 0.05) is 6.04 Å². The summed E-state index contributed by atoms with van der Waals surface area (Å²) >= 11 is 8.97. The van der Waals surface area contributed by atoms with Gasteiger partial charge in [0.05, 0.1) is 20.8 Å². The number of nitrogens with one attached hydrogen (secondary N) is 1. The molecule has 2 aromatic heterocycles. The van der Waals surface area contributed by atoms with Crippen LogP contribution in [0.25, 0.3) is 10.7 Å². The number of anilines is 1. The minimum atomic E-state index is -0.445. The van der Waals surface area contributed by atoms with Gasteiger partial charge in [0.1, 0.15) is 5.82 Å². The van der Waals surface area contributed by atoms with E-state index in [1.807, 2.05) is 17.5 Å². The van der Waals surface area contributed by atoms with Crippen LogP contribution in [0.3, 0.4) is 0 Å². The Balaban J connectivity index is 1.51. The summed E-state index contributed by atoms with van der Waals surface area (Å²) in [7, 11) is 0. The number of hydrogen-bond acceptors (Lipinski definition) is 5. The van der Waals surface area contributed by atoms with Crippen LogP contribution in [-0.4, -0.2) is 25.9 Å². The van der Waals surface area contributed by atoms with Crippen molar-refractivity contribution in [3.05, 3.63) is 46.6 Å². The molecular weight excluding hydrogens is 407 g/mol. The number of thioether (sulfide) groups is 1. The smallest absolute Gasteiger partial charge is 0.237 e. The van der Waals surface area contributed by atoms with Crippen molar-refractivity contribution < 1.29 is 9.18 Å². The molecule has 3 aromatic rings. The van der Waals surface area contributed by atoms with Crippen LogP contribution in [0.2, 0.25) is 5.02 Å². The molecule has 0 spiro atoms. The highest BCUT2D eigenvalue weighted by molar-refractivity contribution is 8.00. The summed E-state index contributed by atoms with van der Waals surface area (Å²) in [5.74, 6) is 0.180. The van der Waals surface area contributed by atoms with E-state index >= 15 is 0 Å². The monoisotopic (exact) mass is 422 g/mol. The number of aromatic nitrogens is 3. The molecule has 1 aliphatic carbocycles. The van der Waals surface area contributed by atoms with Crippen molar-refractivity contribution >= 4 is 46.3 Å². The first-order valence-electron chi connectivity index (χ1n) is 8.44. The molecule has 1 amide bonds. The number of nitrogens with zero attached hydrogens (tertiary/aromatic N) is 3. The fraction of sp³-hybridized carbons (Fsp3) is 0.278. The van der Waals surface area contributed by atoms with Crippen LogP contribution >= 0.6 is 34.7 Å². The largest absolute Gasteiger partial charge is 0.324 e. The van der Waals surface area contributed by atoms with E-state index in [9.17, 15) is 9.18 Å². The Morgan fingerprint density at radius 3 is 2.89 bits per heavy atom. The second-order valence-electron chi connectivity index (χ2n) is 6.26. The van der Waals surface area contributed by atoms with Gasteiger partial charge in [0.15, 0.2) is 11.0 Å². The molecule has 2 heterocycles. The Kier molecular flexibility index (Phi) is 5.21. The SMILES string of the molecule is C[C@H](Sc1nnc(-c2cccs2)n1C1CC1)C(=O)Nc1ccc(F)cc1Cl. The van der Waals surface area contributed by atoms with Gasteiger partial charge in [-0.05, 0) is 49.4 Å². The Morgan fingerprint density at radius 2 is 2.22 bits per heavy atom. The van der Waals surface area contributed by atoms with Crippen LogP contribution in [0.1, 0.15) is 25.8 Å². The normalized spacial score (nSPS) is 14.9. The van der Waals surface area contributed by atoms with Crippen molar-refractivity contribution in [3.8, 4) is 10.7 Å². The van der Waals surface area contributed by atoms with Crippen molar-refractivity contribution in [2.45, 2.75) is 36.2 Å². The lowest BCUT2D eigenvalue weighted by Crippen LogP contribution is -2.23. The minimum absolute atomic E-state index is 0.168. The highest BCUT2D eigenvalue weighted by Crippen LogP contribution is 2.42. The van der Waals surface area contributed by atoms with Gasteiger partial charge in [-0.3, -0.25) is 9.36 Å². The van der Waals surface area contributed by atoms with E-state index in [-0.39, 0.29) is 10.9 Å². The average molecular weight is 423 g/mol. The lowest BCUT2D eigenvalue weighted by molar-refractivity contribution is -0.115. The fourth-order valence-corrected chi connectivity index (χ4v) is 4.47. The summed E-state index contributed by atoms with van der Waals surface area (Å²) < 4.78 is 15.3. The molecule has 5 nitrogen and oxygen atoms in total. The van der Waals surface area contributed by atoms with Gasteiger partial charge in [-0.25, -0.2) is 4.39 Å². The number of halogens is 2. The van der Waals surface area contributed by atoms with E-state index in [2.05, 4.69) is 20.1 Å². The minimum Gasteiger partial charge on any atom is -0.324 e. The summed E-state index contributed by atoms with van der Waals surface area (Å²) in [4.78, 5) is 13.6. The lowest BCUT2D eigenvalue weighted by Gasteiger charge is -2.14. The molecule has 1 atom stereocenters. The maximum Gasteiger partial charge on any atom is 0.237 e. The molecule has 0 unspecified atom stereocenters. The third kappa shape index (κ3) is 4.02. The van der Waals surface area contributed by atoms with Crippen LogP contribution in [-0.2, 0) is 4.79 Å². The van der Waals surface area contributed by atoms with Crippen LogP contribution < -0.4 is 5.32 Å². The van der Waals surface area contributed by atoms with Crippen molar-refractivity contribution in [3.63, 3.8) is 0 Å². The average Bonchev–Trinajstić information content (AvgIpc) is 3.16. The zero-order valence-corrected chi connectivity index (χ0v) is 16.7. The highest BCUT2D eigenvalue weighted by Gasteiger charge is 2.31. The van der Waals surface area contributed by atoms with E-state index in [0.717, 1.165) is 28.7 Å². The Morgan fingerprint density at radius 1 is 1.41 bits per heavy atom. The summed E-state index contributed by atoms with van der Waals surface area (Å²) in [5, 5.41) is 13.9. The van der Waals surface area contributed by atoms with E-state index in [0.29, 0.717) is 11.7 Å². The quantitative estimate of drug-likeness (QED) is 0.551. The molecule has 1 N–H and O–H groups in total. The van der Waals surface area contributed by atoms with Gasteiger partial charge in [0.2, 0.25) is 5.91 Å². The topological polar surface area (TPSA) is 59.8 Å². The molecule has 0 aliphatic heterocycles. The summed E-state index contributed by atoms with van der Waals surface area (Å²) in [5.41, 5.74) is 0.387. The molecule has 0 saturated heterocycles. The molecule has 1 saturated carbocycles. The number of amides is 1. The van der Waals surface area contributed by atoms with Gasteiger partial charge in [-0.15, -0.1) is 21.5 Å². The first kappa shape index (κ1) is 18.5. The van der Waals surface area contributed by atoms with Crippen LogP contribution in [0.5, 0.6) is 0 Å². The van der Waals surface area contributed by atoms with E-state index in [4.69, 9.17) is 11.6 Å². The molecule has 27 heavy (non-hydrogen) atoms. The zero-order chi connectivity index (χ0) is 19.0. The van der Waals surface area contributed by atoms with E-state index in [1.54, 1.807) is 18.3 Å². The molecule has 1 aliphatic rings. The maximum atomic E-state index is 13.2. The molecule has 0 bridgehead atoms.